The molecule has 2 N–H and O–H groups in total. The number of rotatable bonds is 3. The van der Waals surface area contributed by atoms with Crippen LogP contribution < -0.4 is 10.6 Å². The first-order chi connectivity index (χ1) is 10.6. The smallest absolute Gasteiger partial charge is 0.268 e. The third kappa shape index (κ3) is 1.91. The largest absolute Gasteiger partial charge is 0.398 e. The Bertz CT molecular complexity index is 758. The van der Waals surface area contributed by atoms with Crippen molar-refractivity contribution in [3.63, 3.8) is 0 Å². The molecule has 3 rings (SSSR count). The van der Waals surface area contributed by atoms with Crippen LogP contribution >= 0.6 is 0 Å². The molecule has 4 heteroatoms. The van der Waals surface area contributed by atoms with Gasteiger partial charge in [0.15, 0.2) is 0 Å². The molecule has 1 aliphatic heterocycles. The molecule has 0 atom stereocenters. The Morgan fingerprint density at radius 3 is 2.05 bits per heavy atom. The zero-order valence-electron chi connectivity index (χ0n) is 12.7. The predicted octanol–water partition coefficient (Wildman–Crippen LogP) is 3.19. The van der Waals surface area contributed by atoms with Gasteiger partial charge in [0.2, 0.25) is 0 Å². The lowest BCUT2D eigenvalue weighted by molar-refractivity contribution is 0.0926. The van der Waals surface area contributed by atoms with Gasteiger partial charge in [-0.25, -0.2) is 4.90 Å². The number of fused-ring (bicyclic) bond motifs is 1. The maximum absolute atomic E-state index is 12.8. The summed E-state index contributed by atoms with van der Waals surface area (Å²) in [6, 6.07) is 10.9. The molecule has 2 amide bonds. The number of carbonyl (C=O) groups excluding carboxylic acids is 2. The molecular weight excluding hydrogens is 276 g/mol. The summed E-state index contributed by atoms with van der Waals surface area (Å²) in [6.45, 7) is 4.04. The SMILES string of the molecule is CCc1cccc(CC)c1N1C(=O)c2cccc(N)c2C1=O. The standard InChI is InChI=1S/C18H18N2O2/c1-3-11-7-5-8-12(4-2)16(11)20-17(21)13-9-6-10-14(19)15(13)18(20)22/h5-10H,3-4,19H2,1-2H3. The van der Waals surface area contributed by atoms with Crippen LogP contribution in [0.15, 0.2) is 36.4 Å². The van der Waals surface area contributed by atoms with Crippen LogP contribution in [0.5, 0.6) is 0 Å². The Kier molecular flexibility index (Phi) is 3.45. The van der Waals surface area contributed by atoms with E-state index in [4.69, 9.17) is 5.73 Å². The summed E-state index contributed by atoms with van der Waals surface area (Å²) in [6.07, 6.45) is 1.51. The molecule has 4 nitrogen and oxygen atoms in total. The second-order valence-electron chi connectivity index (χ2n) is 5.35. The number of aryl methyl sites for hydroxylation is 2. The lowest BCUT2D eigenvalue weighted by Gasteiger charge is -2.21. The molecule has 22 heavy (non-hydrogen) atoms. The van der Waals surface area contributed by atoms with Crippen LogP contribution in [0.3, 0.4) is 0 Å². The molecule has 0 saturated heterocycles. The van der Waals surface area contributed by atoms with Gasteiger partial charge in [0.1, 0.15) is 0 Å². The fraction of sp³-hybridized carbons (Fsp3) is 0.222. The van der Waals surface area contributed by atoms with Crippen molar-refractivity contribution in [2.75, 3.05) is 10.6 Å². The van der Waals surface area contributed by atoms with E-state index in [1.165, 1.54) is 4.90 Å². The quantitative estimate of drug-likeness (QED) is 0.698. The fourth-order valence-electron chi connectivity index (χ4n) is 3.02. The summed E-state index contributed by atoms with van der Waals surface area (Å²) in [5.74, 6) is -0.614. The van der Waals surface area contributed by atoms with Gasteiger partial charge in [0.25, 0.3) is 11.8 Å². The monoisotopic (exact) mass is 294 g/mol. The van der Waals surface area contributed by atoms with Crippen LogP contribution in [0.4, 0.5) is 11.4 Å². The van der Waals surface area contributed by atoms with Crippen molar-refractivity contribution in [1.82, 2.24) is 0 Å². The number of imide groups is 1. The number of anilines is 2. The molecule has 0 radical (unpaired) electrons. The van der Waals surface area contributed by atoms with Gasteiger partial charge in [-0.1, -0.05) is 38.1 Å². The van der Waals surface area contributed by atoms with Gasteiger partial charge < -0.3 is 5.73 Å². The summed E-state index contributed by atoms with van der Waals surface area (Å²) in [4.78, 5) is 26.8. The maximum atomic E-state index is 12.8. The first-order valence-corrected chi connectivity index (χ1v) is 7.48. The van der Waals surface area contributed by atoms with Gasteiger partial charge in [-0.15, -0.1) is 0 Å². The van der Waals surface area contributed by atoms with E-state index in [9.17, 15) is 9.59 Å². The zero-order valence-corrected chi connectivity index (χ0v) is 12.7. The molecular formula is C18H18N2O2. The van der Waals surface area contributed by atoms with Gasteiger partial charge in [0, 0.05) is 5.69 Å². The van der Waals surface area contributed by atoms with E-state index >= 15 is 0 Å². The molecule has 0 aliphatic carbocycles. The number of nitrogen functional groups attached to an aromatic ring is 1. The molecule has 0 aromatic heterocycles. The van der Waals surface area contributed by atoms with Gasteiger partial charge >= 0.3 is 0 Å². The number of hydrogen-bond donors (Lipinski definition) is 1. The van der Waals surface area contributed by atoms with Gasteiger partial charge in [-0.2, -0.15) is 0 Å². The second-order valence-corrected chi connectivity index (χ2v) is 5.35. The van der Waals surface area contributed by atoms with Crippen LogP contribution in [0, 0.1) is 0 Å². The number of nitrogens with zero attached hydrogens (tertiary/aromatic N) is 1. The molecule has 1 heterocycles. The van der Waals surface area contributed by atoms with E-state index in [1.54, 1.807) is 18.2 Å². The molecule has 0 unspecified atom stereocenters. The summed E-state index contributed by atoms with van der Waals surface area (Å²) < 4.78 is 0. The first-order valence-electron chi connectivity index (χ1n) is 7.48. The van der Waals surface area contributed by atoms with E-state index in [2.05, 4.69) is 0 Å². The molecule has 0 fully saturated rings. The van der Waals surface area contributed by atoms with E-state index in [0.717, 1.165) is 29.7 Å². The lowest BCUT2D eigenvalue weighted by Crippen LogP contribution is -2.31. The predicted molar refractivity (Wildman–Crippen MR) is 87.2 cm³/mol. The summed E-state index contributed by atoms with van der Waals surface area (Å²) in [5, 5.41) is 0. The third-order valence-electron chi connectivity index (χ3n) is 4.14. The second kappa shape index (κ2) is 5.30. The summed E-state index contributed by atoms with van der Waals surface area (Å²) >= 11 is 0. The number of para-hydroxylation sites is 1. The zero-order chi connectivity index (χ0) is 15.9. The van der Waals surface area contributed by atoms with E-state index in [0.29, 0.717) is 16.8 Å². The van der Waals surface area contributed by atoms with Crippen molar-refractivity contribution in [1.29, 1.82) is 0 Å². The highest BCUT2D eigenvalue weighted by Crippen LogP contribution is 2.35. The van der Waals surface area contributed by atoms with Crippen molar-refractivity contribution in [2.45, 2.75) is 26.7 Å². The fourth-order valence-corrected chi connectivity index (χ4v) is 3.02. The average molecular weight is 294 g/mol. The van der Waals surface area contributed by atoms with Gasteiger partial charge in [-0.3, -0.25) is 9.59 Å². The lowest BCUT2D eigenvalue weighted by atomic mass is 10.0. The number of nitrogens with two attached hydrogens (primary N) is 1. The molecule has 1 aliphatic rings. The molecule has 2 aromatic rings. The minimum atomic E-state index is -0.325. The third-order valence-corrected chi connectivity index (χ3v) is 4.14. The van der Waals surface area contributed by atoms with Crippen LogP contribution in [-0.2, 0) is 12.8 Å². The summed E-state index contributed by atoms with van der Waals surface area (Å²) in [7, 11) is 0. The van der Waals surface area contributed by atoms with Crippen LogP contribution in [0.2, 0.25) is 0 Å². The number of amides is 2. The van der Waals surface area contributed by atoms with E-state index in [-0.39, 0.29) is 11.8 Å². The van der Waals surface area contributed by atoms with Crippen molar-refractivity contribution in [2.24, 2.45) is 0 Å². The molecule has 0 saturated carbocycles. The molecule has 0 spiro atoms. The van der Waals surface area contributed by atoms with Crippen molar-refractivity contribution >= 4 is 23.2 Å². The highest BCUT2D eigenvalue weighted by Gasteiger charge is 2.39. The molecule has 2 aromatic carbocycles. The Hall–Kier alpha value is -2.62. The highest BCUT2D eigenvalue weighted by molar-refractivity contribution is 6.36. The summed E-state index contributed by atoms with van der Waals surface area (Å²) in [5.41, 5.74) is 9.67. The van der Waals surface area contributed by atoms with Crippen molar-refractivity contribution < 1.29 is 9.59 Å². The molecule has 0 bridgehead atoms. The van der Waals surface area contributed by atoms with Gasteiger partial charge in [-0.05, 0) is 36.1 Å². The van der Waals surface area contributed by atoms with Crippen LogP contribution in [-0.4, -0.2) is 11.8 Å². The number of benzene rings is 2. The van der Waals surface area contributed by atoms with Crippen LogP contribution in [0.25, 0.3) is 0 Å². The van der Waals surface area contributed by atoms with E-state index < -0.39 is 0 Å². The Labute approximate surface area is 129 Å². The van der Waals surface area contributed by atoms with Crippen molar-refractivity contribution in [3.05, 3.63) is 58.7 Å². The van der Waals surface area contributed by atoms with E-state index in [1.807, 2.05) is 32.0 Å². The first kappa shape index (κ1) is 14.3. The normalized spacial score (nSPS) is 13.6. The number of carbonyl (C=O) groups is 2. The minimum Gasteiger partial charge on any atom is -0.398 e. The average Bonchev–Trinajstić information content (AvgIpc) is 2.79. The highest BCUT2D eigenvalue weighted by atomic mass is 16.2. The number of hydrogen-bond acceptors (Lipinski definition) is 3. The molecule has 112 valence electrons. The maximum Gasteiger partial charge on any atom is 0.268 e. The Morgan fingerprint density at radius 2 is 1.50 bits per heavy atom. The topological polar surface area (TPSA) is 63.4 Å². The minimum absolute atomic E-state index is 0.289. The van der Waals surface area contributed by atoms with Gasteiger partial charge in [0.05, 0.1) is 16.8 Å². The van der Waals surface area contributed by atoms with Crippen molar-refractivity contribution in [3.8, 4) is 0 Å². The van der Waals surface area contributed by atoms with Crippen LogP contribution in [0.1, 0.15) is 45.7 Å². The Morgan fingerprint density at radius 1 is 0.909 bits per heavy atom. The Balaban J connectivity index is 2.22.